The van der Waals surface area contributed by atoms with E-state index in [0.29, 0.717) is 17.8 Å². The number of nitrogens with two attached hydrogens (primary N) is 1. The Bertz CT molecular complexity index is 509. The summed E-state index contributed by atoms with van der Waals surface area (Å²) >= 11 is 0. The number of unbranched alkanes of at least 4 members (excludes halogenated alkanes) is 1. The van der Waals surface area contributed by atoms with Crippen molar-refractivity contribution in [2.75, 3.05) is 23.9 Å². The highest BCUT2D eigenvalue weighted by Gasteiger charge is 2.11. The molecule has 102 valence electrons. The van der Waals surface area contributed by atoms with Crippen LogP contribution in [0.5, 0.6) is 0 Å². The Morgan fingerprint density at radius 1 is 1.37 bits per heavy atom. The van der Waals surface area contributed by atoms with Crippen molar-refractivity contribution < 1.29 is 0 Å². The van der Waals surface area contributed by atoms with E-state index in [1.807, 2.05) is 11.9 Å². The fraction of sp³-hybridized carbons (Fsp3) is 0.455. The molecule has 0 unspecified atom stereocenters. The van der Waals surface area contributed by atoms with Crippen molar-refractivity contribution in [2.45, 2.75) is 19.8 Å². The average molecular weight is 262 g/mol. The van der Waals surface area contributed by atoms with Gasteiger partial charge in [0.05, 0.1) is 0 Å². The lowest BCUT2D eigenvalue weighted by Crippen LogP contribution is -2.23. The molecule has 19 heavy (non-hydrogen) atoms. The first-order valence-electron chi connectivity index (χ1n) is 6.18. The van der Waals surface area contributed by atoms with Crippen LogP contribution in [0.25, 0.3) is 5.95 Å². The second-order valence-electron chi connectivity index (χ2n) is 4.13. The molecular weight excluding hydrogens is 244 g/mol. The summed E-state index contributed by atoms with van der Waals surface area (Å²) in [6.07, 6.45) is 5.62. The number of hydrazine groups is 1. The summed E-state index contributed by atoms with van der Waals surface area (Å²) in [6.45, 7) is 3.02. The highest BCUT2D eigenvalue weighted by molar-refractivity contribution is 5.38. The van der Waals surface area contributed by atoms with Crippen LogP contribution in [0.4, 0.5) is 11.9 Å². The zero-order valence-corrected chi connectivity index (χ0v) is 11.1. The van der Waals surface area contributed by atoms with Gasteiger partial charge in [0.2, 0.25) is 11.9 Å². The number of aromatic nitrogens is 5. The predicted octanol–water partition coefficient (Wildman–Crippen LogP) is 0.579. The van der Waals surface area contributed by atoms with Gasteiger partial charge in [-0.3, -0.25) is 5.43 Å². The van der Waals surface area contributed by atoms with E-state index >= 15 is 0 Å². The van der Waals surface area contributed by atoms with Crippen molar-refractivity contribution in [1.82, 2.24) is 24.7 Å². The molecule has 0 aromatic carbocycles. The van der Waals surface area contributed by atoms with Gasteiger partial charge < -0.3 is 4.90 Å². The van der Waals surface area contributed by atoms with Crippen molar-refractivity contribution in [3.8, 4) is 5.95 Å². The third kappa shape index (κ3) is 3.16. The van der Waals surface area contributed by atoms with Crippen molar-refractivity contribution in [2.24, 2.45) is 5.84 Å². The Kier molecular flexibility index (Phi) is 4.24. The van der Waals surface area contributed by atoms with Crippen molar-refractivity contribution in [1.29, 1.82) is 0 Å². The lowest BCUT2D eigenvalue weighted by atomic mass is 10.3. The molecule has 0 saturated carbocycles. The standard InChI is InChI=1S/C11H18N8/c1-3-4-7-18(2)10-14-9(17-12)15-11(16-10)19-8-5-6-13-19/h5-6,8H,3-4,7,12H2,1-2H3,(H,14,15,16,17). The third-order valence-electron chi connectivity index (χ3n) is 2.64. The molecule has 0 aliphatic carbocycles. The zero-order valence-electron chi connectivity index (χ0n) is 11.1. The van der Waals surface area contributed by atoms with E-state index in [-0.39, 0.29) is 0 Å². The molecule has 2 aromatic rings. The number of nitrogen functional groups attached to an aromatic ring is 1. The van der Waals surface area contributed by atoms with Crippen LogP contribution < -0.4 is 16.2 Å². The van der Waals surface area contributed by atoms with Crippen LogP contribution in [0, 0.1) is 0 Å². The van der Waals surface area contributed by atoms with Crippen LogP contribution in [0.2, 0.25) is 0 Å². The molecule has 0 bridgehead atoms. The minimum Gasteiger partial charge on any atom is -0.344 e. The topological polar surface area (TPSA) is 97.8 Å². The highest BCUT2D eigenvalue weighted by Crippen LogP contribution is 2.11. The number of rotatable bonds is 6. The molecule has 3 N–H and O–H groups in total. The SMILES string of the molecule is CCCCN(C)c1nc(NN)nc(-n2cccn2)n1. The number of nitrogens with one attached hydrogen (secondary N) is 1. The van der Waals surface area contributed by atoms with Crippen LogP contribution in [0.1, 0.15) is 19.8 Å². The Balaban J connectivity index is 2.31. The molecule has 0 aliphatic heterocycles. The number of nitrogens with zero attached hydrogens (tertiary/aromatic N) is 6. The van der Waals surface area contributed by atoms with Gasteiger partial charge in [0.15, 0.2) is 0 Å². The Morgan fingerprint density at radius 2 is 2.21 bits per heavy atom. The van der Waals surface area contributed by atoms with Crippen molar-refractivity contribution >= 4 is 11.9 Å². The molecule has 2 heterocycles. The summed E-state index contributed by atoms with van der Waals surface area (Å²) in [7, 11) is 1.94. The smallest absolute Gasteiger partial charge is 0.257 e. The molecule has 2 rings (SSSR count). The quantitative estimate of drug-likeness (QED) is 0.580. The molecule has 0 saturated heterocycles. The van der Waals surface area contributed by atoms with E-state index in [0.717, 1.165) is 19.4 Å². The van der Waals surface area contributed by atoms with Crippen LogP contribution in [0.15, 0.2) is 18.5 Å². The van der Waals surface area contributed by atoms with Gasteiger partial charge >= 0.3 is 0 Å². The largest absolute Gasteiger partial charge is 0.344 e. The minimum absolute atomic E-state index is 0.318. The summed E-state index contributed by atoms with van der Waals surface area (Å²) in [5, 5.41) is 4.10. The highest BCUT2D eigenvalue weighted by atomic mass is 15.4. The van der Waals surface area contributed by atoms with E-state index < -0.39 is 0 Å². The minimum atomic E-state index is 0.318. The normalized spacial score (nSPS) is 10.5. The molecule has 8 heteroatoms. The first-order valence-corrected chi connectivity index (χ1v) is 6.18. The van der Waals surface area contributed by atoms with Crippen molar-refractivity contribution in [3.63, 3.8) is 0 Å². The second-order valence-corrected chi connectivity index (χ2v) is 4.13. The maximum atomic E-state index is 5.39. The van der Waals surface area contributed by atoms with Crippen LogP contribution in [0.3, 0.4) is 0 Å². The van der Waals surface area contributed by atoms with E-state index in [9.17, 15) is 0 Å². The number of hydrogen-bond acceptors (Lipinski definition) is 7. The predicted molar refractivity (Wildman–Crippen MR) is 72.9 cm³/mol. The van der Waals surface area contributed by atoms with Gasteiger partial charge in [-0.15, -0.1) is 0 Å². The van der Waals surface area contributed by atoms with E-state index in [4.69, 9.17) is 5.84 Å². The Morgan fingerprint density at radius 3 is 2.84 bits per heavy atom. The summed E-state index contributed by atoms with van der Waals surface area (Å²) in [5.74, 6) is 6.72. The van der Waals surface area contributed by atoms with Crippen LogP contribution in [-0.2, 0) is 0 Å². The first-order chi connectivity index (χ1) is 9.24. The second kappa shape index (κ2) is 6.10. The Hall–Kier alpha value is -2.22. The van der Waals surface area contributed by atoms with E-state index in [1.54, 1.807) is 23.1 Å². The zero-order chi connectivity index (χ0) is 13.7. The van der Waals surface area contributed by atoms with Gasteiger partial charge in [-0.2, -0.15) is 20.1 Å². The van der Waals surface area contributed by atoms with Crippen molar-refractivity contribution in [3.05, 3.63) is 18.5 Å². The molecular formula is C11H18N8. The van der Waals surface area contributed by atoms with Crippen LogP contribution in [-0.4, -0.2) is 38.3 Å². The lowest BCUT2D eigenvalue weighted by molar-refractivity contribution is 0.733. The van der Waals surface area contributed by atoms with Gasteiger partial charge in [0, 0.05) is 26.0 Å². The summed E-state index contributed by atoms with van der Waals surface area (Å²) in [4.78, 5) is 14.8. The Labute approximate surface area is 111 Å². The van der Waals surface area contributed by atoms with E-state index in [1.165, 1.54) is 0 Å². The van der Waals surface area contributed by atoms with Gasteiger partial charge in [0.1, 0.15) is 0 Å². The third-order valence-corrected chi connectivity index (χ3v) is 2.64. The lowest BCUT2D eigenvalue weighted by Gasteiger charge is -2.17. The van der Waals surface area contributed by atoms with Gasteiger partial charge in [-0.1, -0.05) is 13.3 Å². The number of anilines is 2. The molecule has 0 fully saturated rings. The van der Waals surface area contributed by atoms with Crippen LogP contribution >= 0.6 is 0 Å². The first kappa shape index (κ1) is 13.2. The summed E-state index contributed by atoms with van der Waals surface area (Å²) < 4.78 is 1.57. The molecule has 0 atom stereocenters. The molecule has 0 amide bonds. The summed E-state index contributed by atoms with van der Waals surface area (Å²) in [6, 6.07) is 1.81. The maximum absolute atomic E-state index is 5.39. The molecule has 0 radical (unpaired) electrons. The monoisotopic (exact) mass is 262 g/mol. The molecule has 0 spiro atoms. The van der Waals surface area contributed by atoms with Gasteiger partial charge in [-0.05, 0) is 12.5 Å². The molecule has 0 aliphatic rings. The van der Waals surface area contributed by atoms with Gasteiger partial charge in [0.25, 0.3) is 5.95 Å². The van der Waals surface area contributed by atoms with Gasteiger partial charge in [-0.25, -0.2) is 10.5 Å². The molecule has 2 aromatic heterocycles. The fourth-order valence-corrected chi connectivity index (χ4v) is 1.57. The maximum Gasteiger partial charge on any atom is 0.257 e. The average Bonchev–Trinajstić information content (AvgIpc) is 2.98. The molecule has 8 nitrogen and oxygen atoms in total. The van der Waals surface area contributed by atoms with E-state index in [2.05, 4.69) is 32.4 Å². The fourth-order valence-electron chi connectivity index (χ4n) is 1.57. The number of hydrogen-bond donors (Lipinski definition) is 2. The summed E-state index contributed by atoms with van der Waals surface area (Å²) in [5.41, 5.74) is 2.45.